The normalized spacial score (nSPS) is 11.6. The van der Waals surface area contributed by atoms with Crippen LogP contribution in [0.15, 0.2) is 47.4 Å². The van der Waals surface area contributed by atoms with Crippen molar-refractivity contribution in [3.63, 3.8) is 0 Å². The van der Waals surface area contributed by atoms with Gasteiger partial charge in [0, 0.05) is 26.1 Å². The van der Waals surface area contributed by atoms with Crippen LogP contribution in [0, 0.1) is 17.5 Å². The second kappa shape index (κ2) is 8.33. The van der Waals surface area contributed by atoms with Crippen LogP contribution in [0.25, 0.3) is 0 Å². The largest absolute Gasteiger partial charge is 0.324 e. The number of anilines is 1. The maximum Gasteiger partial charge on any atom is 0.242 e. The maximum atomic E-state index is 13.5. The van der Waals surface area contributed by atoms with Crippen LogP contribution in [0.3, 0.4) is 0 Å². The van der Waals surface area contributed by atoms with Crippen molar-refractivity contribution in [2.45, 2.75) is 17.7 Å². The van der Waals surface area contributed by atoms with Crippen LogP contribution < -0.4 is 5.32 Å². The number of amides is 1. The van der Waals surface area contributed by atoms with E-state index < -0.39 is 33.4 Å². The highest BCUT2D eigenvalue weighted by Gasteiger charge is 2.20. The van der Waals surface area contributed by atoms with E-state index in [2.05, 4.69) is 5.32 Å². The van der Waals surface area contributed by atoms with Gasteiger partial charge in [0.15, 0.2) is 0 Å². The van der Waals surface area contributed by atoms with Gasteiger partial charge in [-0.1, -0.05) is 0 Å². The van der Waals surface area contributed by atoms with Crippen molar-refractivity contribution in [2.24, 2.45) is 0 Å². The van der Waals surface area contributed by atoms with Gasteiger partial charge in [0.05, 0.1) is 10.6 Å². The molecule has 2 rings (SSSR count). The topological polar surface area (TPSA) is 66.5 Å². The number of sulfonamides is 1. The van der Waals surface area contributed by atoms with Gasteiger partial charge < -0.3 is 5.32 Å². The fourth-order valence-corrected chi connectivity index (χ4v) is 3.38. The summed E-state index contributed by atoms with van der Waals surface area (Å²) in [7, 11) is -2.45. The van der Waals surface area contributed by atoms with Crippen molar-refractivity contribution in [2.75, 3.05) is 18.9 Å². The van der Waals surface area contributed by atoms with Gasteiger partial charge in [0.25, 0.3) is 0 Å². The molecule has 2 aromatic carbocycles. The summed E-state index contributed by atoms with van der Waals surface area (Å²) in [6.07, 6.45) is 0.131. The van der Waals surface area contributed by atoms with E-state index in [1.807, 2.05) is 0 Å². The van der Waals surface area contributed by atoms with Crippen molar-refractivity contribution in [3.05, 3.63) is 59.9 Å². The lowest BCUT2D eigenvalue weighted by molar-refractivity contribution is -0.116. The molecule has 1 N–H and O–H groups in total. The summed E-state index contributed by atoms with van der Waals surface area (Å²) in [5.41, 5.74) is -0.149. The van der Waals surface area contributed by atoms with E-state index in [9.17, 15) is 26.4 Å². The van der Waals surface area contributed by atoms with Crippen LogP contribution in [-0.4, -0.2) is 32.2 Å². The highest BCUT2D eigenvalue weighted by Crippen LogP contribution is 2.17. The fraction of sp³-hybridized carbons (Fsp3) is 0.235. The standard InChI is InChI=1S/C17H17F3N2O3S/c1-22(26(24,25)14-7-4-12(18)5-8-14)10-2-3-17(23)21-16-9-6-13(19)11-15(16)20/h4-9,11H,2-3,10H2,1H3,(H,21,23). The molecule has 9 heteroatoms. The average Bonchev–Trinajstić information content (AvgIpc) is 2.57. The number of rotatable bonds is 7. The Kier molecular flexibility index (Phi) is 6.38. The molecule has 0 bridgehead atoms. The Balaban J connectivity index is 1.88. The Bertz CT molecular complexity index is 887. The van der Waals surface area contributed by atoms with Crippen molar-refractivity contribution in [1.29, 1.82) is 0 Å². The first-order valence-corrected chi connectivity index (χ1v) is 9.11. The third kappa shape index (κ3) is 5.06. The Hall–Kier alpha value is -2.39. The highest BCUT2D eigenvalue weighted by atomic mass is 32.2. The minimum absolute atomic E-state index is 0.0407. The van der Waals surface area contributed by atoms with Crippen LogP contribution in [0.4, 0.5) is 18.9 Å². The lowest BCUT2D eigenvalue weighted by atomic mass is 10.2. The molecule has 0 radical (unpaired) electrons. The highest BCUT2D eigenvalue weighted by molar-refractivity contribution is 7.89. The maximum absolute atomic E-state index is 13.5. The lowest BCUT2D eigenvalue weighted by Gasteiger charge is -2.17. The molecule has 0 fully saturated rings. The molecule has 0 unspecified atom stereocenters. The molecule has 26 heavy (non-hydrogen) atoms. The summed E-state index contributed by atoms with van der Waals surface area (Å²) in [6.45, 7) is 0.0407. The van der Waals surface area contributed by atoms with Crippen LogP contribution in [-0.2, 0) is 14.8 Å². The Morgan fingerprint density at radius 1 is 1.04 bits per heavy atom. The van der Waals surface area contributed by atoms with Crippen LogP contribution in [0.5, 0.6) is 0 Å². The van der Waals surface area contributed by atoms with Crippen molar-refractivity contribution >= 4 is 21.6 Å². The first-order valence-electron chi connectivity index (χ1n) is 7.67. The number of nitrogens with zero attached hydrogens (tertiary/aromatic N) is 1. The molecule has 140 valence electrons. The summed E-state index contributed by atoms with van der Waals surface area (Å²) >= 11 is 0. The van der Waals surface area contributed by atoms with E-state index in [0.717, 1.165) is 40.7 Å². The molecule has 1 amide bonds. The molecule has 0 atom stereocenters. The van der Waals surface area contributed by atoms with E-state index >= 15 is 0 Å². The van der Waals surface area contributed by atoms with Gasteiger partial charge >= 0.3 is 0 Å². The number of carbonyl (C=O) groups is 1. The quantitative estimate of drug-likeness (QED) is 0.795. The summed E-state index contributed by atoms with van der Waals surface area (Å²) in [5.74, 6) is -2.72. The van der Waals surface area contributed by atoms with Gasteiger partial charge in [0.2, 0.25) is 15.9 Å². The molecule has 0 heterocycles. The minimum Gasteiger partial charge on any atom is -0.324 e. The van der Waals surface area contributed by atoms with Crippen molar-refractivity contribution in [3.8, 4) is 0 Å². The van der Waals surface area contributed by atoms with Crippen LogP contribution in [0.1, 0.15) is 12.8 Å². The molecule has 0 aliphatic heterocycles. The van der Waals surface area contributed by atoms with Gasteiger partial charge in [-0.05, 0) is 42.8 Å². The number of carbonyl (C=O) groups excluding carboxylic acids is 1. The number of hydrogen-bond donors (Lipinski definition) is 1. The Morgan fingerprint density at radius 2 is 1.65 bits per heavy atom. The first-order chi connectivity index (χ1) is 12.2. The molecule has 0 saturated heterocycles. The zero-order chi connectivity index (χ0) is 19.3. The van der Waals surface area contributed by atoms with Crippen molar-refractivity contribution in [1.82, 2.24) is 4.31 Å². The predicted octanol–water partition coefficient (Wildman–Crippen LogP) is 3.14. The summed E-state index contributed by atoms with van der Waals surface area (Å²) in [5, 5.41) is 2.30. The van der Waals surface area contributed by atoms with Crippen molar-refractivity contribution < 1.29 is 26.4 Å². The van der Waals surface area contributed by atoms with E-state index in [-0.39, 0.29) is 30.0 Å². The molecular weight excluding hydrogens is 369 g/mol. The molecule has 0 aliphatic carbocycles. The van der Waals surface area contributed by atoms with E-state index in [0.29, 0.717) is 6.07 Å². The van der Waals surface area contributed by atoms with Gasteiger partial charge in [-0.15, -0.1) is 0 Å². The number of benzene rings is 2. The van der Waals surface area contributed by atoms with Gasteiger partial charge in [-0.3, -0.25) is 4.79 Å². The number of hydrogen-bond acceptors (Lipinski definition) is 3. The zero-order valence-corrected chi connectivity index (χ0v) is 14.7. The summed E-state index contributed by atoms with van der Waals surface area (Å²) in [6, 6.07) is 7.18. The molecule has 0 saturated carbocycles. The Morgan fingerprint density at radius 3 is 2.27 bits per heavy atom. The fourth-order valence-electron chi connectivity index (χ4n) is 2.17. The summed E-state index contributed by atoms with van der Waals surface area (Å²) < 4.78 is 64.8. The third-order valence-corrected chi connectivity index (χ3v) is 5.47. The summed E-state index contributed by atoms with van der Waals surface area (Å²) in [4.78, 5) is 11.8. The second-order valence-electron chi connectivity index (χ2n) is 5.56. The van der Waals surface area contributed by atoms with Gasteiger partial charge in [-0.25, -0.2) is 25.9 Å². The number of nitrogens with one attached hydrogen (secondary N) is 1. The zero-order valence-electron chi connectivity index (χ0n) is 13.9. The second-order valence-corrected chi connectivity index (χ2v) is 7.60. The molecule has 0 spiro atoms. The van der Waals surface area contributed by atoms with E-state index in [4.69, 9.17) is 0 Å². The van der Waals surface area contributed by atoms with Gasteiger partial charge in [0.1, 0.15) is 17.5 Å². The monoisotopic (exact) mass is 386 g/mol. The van der Waals surface area contributed by atoms with Gasteiger partial charge in [-0.2, -0.15) is 0 Å². The average molecular weight is 386 g/mol. The Labute approximate surface area is 149 Å². The minimum atomic E-state index is -3.79. The van der Waals surface area contributed by atoms with Crippen LogP contribution in [0.2, 0.25) is 0 Å². The molecule has 2 aromatic rings. The SMILES string of the molecule is CN(CCCC(=O)Nc1ccc(F)cc1F)S(=O)(=O)c1ccc(F)cc1. The molecule has 0 aromatic heterocycles. The van der Waals surface area contributed by atoms with E-state index in [1.165, 1.54) is 7.05 Å². The smallest absolute Gasteiger partial charge is 0.242 e. The molecule has 0 aliphatic rings. The molecule has 5 nitrogen and oxygen atoms in total. The lowest BCUT2D eigenvalue weighted by Crippen LogP contribution is -2.28. The predicted molar refractivity (Wildman–Crippen MR) is 90.4 cm³/mol. The number of halogens is 3. The first kappa shape index (κ1) is 19.9. The molecular formula is C17H17F3N2O3S. The van der Waals surface area contributed by atoms with Crippen LogP contribution >= 0.6 is 0 Å². The van der Waals surface area contributed by atoms with E-state index in [1.54, 1.807) is 0 Å². The third-order valence-electron chi connectivity index (χ3n) is 3.60.